The minimum Gasteiger partial charge on any atom is -0.368 e. The zero-order valence-corrected chi connectivity index (χ0v) is 16.3. The highest BCUT2D eigenvalue weighted by molar-refractivity contribution is 5.96. The molecule has 0 radical (unpaired) electrons. The van der Waals surface area contributed by atoms with Gasteiger partial charge in [-0.25, -0.2) is 8.78 Å². The Morgan fingerprint density at radius 1 is 0.900 bits per heavy atom. The molecular formula is C24H22F2N2O2. The van der Waals surface area contributed by atoms with Crippen molar-refractivity contribution in [3.63, 3.8) is 0 Å². The number of rotatable bonds is 4. The van der Waals surface area contributed by atoms with E-state index in [1.807, 2.05) is 36.4 Å². The summed E-state index contributed by atoms with van der Waals surface area (Å²) in [4.78, 5) is 25.5. The molecule has 30 heavy (non-hydrogen) atoms. The third-order valence-corrected chi connectivity index (χ3v) is 4.88. The number of carbonyl (C=O) groups is 2. The minimum absolute atomic E-state index is 0.281. The van der Waals surface area contributed by atoms with E-state index in [1.54, 1.807) is 30.3 Å². The minimum atomic E-state index is -0.966. The lowest BCUT2D eigenvalue weighted by Crippen LogP contribution is -2.40. The number of amides is 2. The van der Waals surface area contributed by atoms with Crippen LogP contribution in [0.25, 0.3) is 0 Å². The predicted octanol–water partition coefficient (Wildman–Crippen LogP) is 4.27. The Hall–Kier alpha value is -3.54. The van der Waals surface area contributed by atoms with Gasteiger partial charge in [-0.15, -0.1) is 0 Å². The number of benzene rings is 3. The van der Waals surface area contributed by atoms with E-state index >= 15 is 0 Å². The molecule has 0 spiro atoms. The molecule has 154 valence electrons. The highest BCUT2D eigenvalue weighted by Crippen LogP contribution is 2.37. The third-order valence-electron chi connectivity index (χ3n) is 4.88. The van der Waals surface area contributed by atoms with Crippen molar-refractivity contribution in [2.75, 3.05) is 6.54 Å². The van der Waals surface area contributed by atoms with Crippen molar-refractivity contribution in [3.05, 3.63) is 107 Å². The predicted molar refractivity (Wildman–Crippen MR) is 111 cm³/mol. The molecule has 6 heteroatoms. The molecule has 0 aromatic heterocycles. The lowest BCUT2D eigenvalue weighted by Gasteiger charge is -2.29. The van der Waals surface area contributed by atoms with E-state index in [0.29, 0.717) is 29.5 Å². The van der Waals surface area contributed by atoms with Crippen LogP contribution in [0.2, 0.25) is 0 Å². The van der Waals surface area contributed by atoms with Gasteiger partial charge in [0.25, 0.3) is 5.91 Å². The van der Waals surface area contributed by atoms with Gasteiger partial charge < -0.3 is 10.6 Å². The van der Waals surface area contributed by atoms with Crippen LogP contribution in [0.1, 0.15) is 33.9 Å². The number of aryl methyl sites for hydroxylation is 1. The summed E-state index contributed by atoms with van der Waals surface area (Å²) in [5, 5.41) is 0. The number of hydrogen-bond donors (Lipinski definition) is 1. The zero-order valence-electron chi connectivity index (χ0n) is 16.3. The monoisotopic (exact) mass is 408 g/mol. The van der Waals surface area contributed by atoms with Gasteiger partial charge >= 0.3 is 0 Å². The zero-order chi connectivity index (χ0) is 21.5. The van der Waals surface area contributed by atoms with Crippen molar-refractivity contribution in [2.45, 2.75) is 18.9 Å². The molecule has 1 aliphatic carbocycles. The maximum atomic E-state index is 13.6. The van der Waals surface area contributed by atoms with Crippen molar-refractivity contribution in [1.82, 2.24) is 4.90 Å². The van der Waals surface area contributed by atoms with Crippen molar-refractivity contribution in [2.24, 2.45) is 5.73 Å². The van der Waals surface area contributed by atoms with Gasteiger partial charge in [-0.3, -0.25) is 9.59 Å². The van der Waals surface area contributed by atoms with Gasteiger partial charge in [0.1, 0.15) is 6.54 Å². The number of nitrogens with zero attached hydrogens (tertiary/aromatic N) is 1. The molecule has 2 N–H and O–H groups in total. The van der Waals surface area contributed by atoms with Crippen molar-refractivity contribution in [3.8, 4) is 0 Å². The van der Waals surface area contributed by atoms with Gasteiger partial charge in [0.05, 0.1) is 6.04 Å². The number of carbonyl (C=O) groups excluding carboxylic acids is 2. The second kappa shape index (κ2) is 9.78. The molecule has 0 fully saturated rings. The molecule has 3 aromatic rings. The van der Waals surface area contributed by atoms with Crippen LogP contribution in [0, 0.1) is 11.6 Å². The Morgan fingerprint density at radius 2 is 1.43 bits per heavy atom. The Bertz CT molecular complexity index is 984. The fourth-order valence-corrected chi connectivity index (χ4v) is 3.52. The molecule has 0 aliphatic heterocycles. The summed E-state index contributed by atoms with van der Waals surface area (Å²) < 4.78 is 27.0. The molecule has 2 amide bonds. The fourth-order valence-electron chi connectivity index (χ4n) is 3.52. The smallest absolute Gasteiger partial charge is 0.254 e. The molecule has 0 saturated heterocycles. The summed E-state index contributed by atoms with van der Waals surface area (Å²) >= 11 is 0. The summed E-state index contributed by atoms with van der Waals surface area (Å²) in [7, 11) is 0. The van der Waals surface area contributed by atoms with Crippen LogP contribution < -0.4 is 5.73 Å². The molecule has 3 aromatic carbocycles. The number of halogens is 2. The normalized spacial score (nSPS) is 14.3. The van der Waals surface area contributed by atoms with Crippen LogP contribution >= 0.6 is 0 Å². The molecule has 4 nitrogen and oxygen atoms in total. The summed E-state index contributed by atoms with van der Waals surface area (Å²) in [5.41, 5.74) is 6.87. The molecule has 0 heterocycles. The van der Waals surface area contributed by atoms with Crippen molar-refractivity contribution < 1.29 is 18.4 Å². The SMILES string of the molecule is NC(=O)CN(C(=O)c1ccccc1)C1CCc2cc(F)c(F)cc21.c1ccccc1. The number of fused-ring (bicyclic) bond motifs is 1. The molecule has 1 atom stereocenters. The lowest BCUT2D eigenvalue weighted by molar-refractivity contribution is -0.119. The summed E-state index contributed by atoms with van der Waals surface area (Å²) in [5.74, 6) is -2.90. The summed E-state index contributed by atoms with van der Waals surface area (Å²) in [6, 6.07) is 22.2. The number of hydrogen-bond acceptors (Lipinski definition) is 2. The molecule has 4 rings (SSSR count). The van der Waals surface area contributed by atoms with Crippen LogP contribution in [0.5, 0.6) is 0 Å². The first kappa shape index (κ1) is 21.2. The number of primary amides is 1. The summed E-state index contributed by atoms with van der Waals surface area (Å²) in [6.45, 7) is -0.281. The van der Waals surface area contributed by atoms with E-state index in [0.717, 1.165) is 12.1 Å². The van der Waals surface area contributed by atoms with Crippen LogP contribution in [0.15, 0.2) is 78.9 Å². The van der Waals surface area contributed by atoms with E-state index in [4.69, 9.17) is 5.73 Å². The third kappa shape index (κ3) is 5.08. The maximum Gasteiger partial charge on any atom is 0.254 e. The van der Waals surface area contributed by atoms with E-state index in [-0.39, 0.29) is 12.5 Å². The van der Waals surface area contributed by atoms with Crippen LogP contribution in [0.3, 0.4) is 0 Å². The lowest BCUT2D eigenvalue weighted by atomic mass is 10.0. The fraction of sp³-hybridized carbons (Fsp3) is 0.167. The van der Waals surface area contributed by atoms with Gasteiger partial charge in [-0.2, -0.15) is 0 Å². The van der Waals surface area contributed by atoms with E-state index in [2.05, 4.69) is 0 Å². The van der Waals surface area contributed by atoms with Crippen molar-refractivity contribution in [1.29, 1.82) is 0 Å². The van der Waals surface area contributed by atoms with Crippen LogP contribution in [-0.4, -0.2) is 23.3 Å². The van der Waals surface area contributed by atoms with Gasteiger partial charge in [-0.05, 0) is 48.2 Å². The first-order chi connectivity index (χ1) is 14.5. The van der Waals surface area contributed by atoms with Gasteiger partial charge in [0.2, 0.25) is 5.91 Å². The first-order valence-electron chi connectivity index (χ1n) is 9.59. The topological polar surface area (TPSA) is 63.4 Å². The Balaban J connectivity index is 0.000000367. The van der Waals surface area contributed by atoms with E-state index < -0.39 is 23.6 Å². The van der Waals surface area contributed by atoms with Crippen LogP contribution in [0.4, 0.5) is 8.78 Å². The largest absolute Gasteiger partial charge is 0.368 e. The average Bonchev–Trinajstić information content (AvgIpc) is 3.16. The molecule has 0 bridgehead atoms. The molecule has 1 unspecified atom stereocenters. The Labute approximate surface area is 173 Å². The Morgan fingerprint density at radius 3 is 2.00 bits per heavy atom. The Kier molecular flexibility index (Phi) is 6.91. The van der Waals surface area contributed by atoms with Gasteiger partial charge in [-0.1, -0.05) is 54.6 Å². The van der Waals surface area contributed by atoms with E-state index in [9.17, 15) is 18.4 Å². The first-order valence-corrected chi connectivity index (χ1v) is 9.59. The van der Waals surface area contributed by atoms with Gasteiger partial charge in [0.15, 0.2) is 11.6 Å². The highest BCUT2D eigenvalue weighted by Gasteiger charge is 2.33. The number of nitrogens with two attached hydrogens (primary N) is 1. The second-order valence-electron chi connectivity index (χ2n) is 6.94. The molecule has 0 saturated carbocycles. The second-order valence-corrected chi connectivity index (χ2v) is 6.94. The van der Waals surface area contributed by atoms with E-state index in [1.165, 1.54) is 4.90 Å². The average molecular weight is 408 g/mol. The highest BCUT2D eigenvalue weighted by atomic mass is 19.2. The van der Waals surface area contributed by atoms with Crippen LogP contribution in [-0.2, 0) is 11.2 Å². The summed E-state index contributed by atoms with van der Waals surface area (Å²) in [6.07, 6.45) is 0.999. The molecule has 1 aliphatic rings. The standard InChI is InChI=1S/C18H16F2N2O2.C6H6/c19-14-8-12-6-7-16(13(12)9-15(14)20)22(10-17(21)23)18(24)11-4-2-1-3-5-11;1-2-4-6-5-3-1/h1-5,8-9,16H,6-7,10H2,(H2,21,23);1-6H. The van der Waals surface area contributed by atoms with Crippen molar-refractivity contribution >= 4 is 11.8 Å². The quantitative estimate of drug-likeness (QED) is 0.701. The maximum absolute atomic E-state index is 13.6. The van der Waals surface area contributed by atoms with Gasteiger partial charge in [0, 0.05) is 5.56 Å². The molecular weight excluding hydrogens is 386 g/mol.